The number of anilines is 2. The first-order valence-electron chi connectivity index (χ1n) is 23.6. The SMILES string of the molecule is CNC(=O)c1cn(CC(F)CCc2ccc(NC(=O)Cc3cc(C4CCOC(CNC(=O)c5cn(CC(F)CCc6ccc(NC(=O)Cc7cc(OC8CC(F)(F)C8)ccn7)nn6)nn5)C4)ccn3)nn2)nn1. The van der Waals surface area contributed by atoms with Gasteiger partial charge in [0.1, 0.15) is 24.2 Å². The van der Waals surface area contributed by atoms with Crippen LogP contribution in [0.4, 0.5) is 29.2 Å². The van der Waals surface area contributed by atoms with Crippen molar-refractivity contribution in [1.29, 1.82) is 0 Å². The molecule has 4 unspecified atom stereocenters. The Balaban J connectivity index is 0.711. The first kappa shape index (κ1) is 51.5. The van der Waals surface area contributed by atoms with Crippen LogP contribution in [-0.2, 0) is 53.1 Å². The summed E-state index contributed by atoms with van der Waals surface area (Å²) in [6.45, 7) is 0.427. The highest BCUT2D eigenvalue weighted by Crippen LogP contribution is 2.39. The third-order valence-electron chi connectivity index (χ3n) is 11.9. The third kappa shape index (κ3) is 15.3. The molecule has 4 amide bonds. The molecule has 0 radical (unpaired) electrons. The van der Waals surface area contributed by atoms with Gasteiger partial charge < -0.3 is 30.7 Å². The fourth-order valence-electron chi connectivity index (χ4n) is 8.11. The van der Waals surface area contributed by atoms with Crippen LogP contribution >= 0.6 is 0 Å². The molecule has 2 fully saturated rings. The van der Waals surface area contributed by atoms with E-state index >= 15 is 4.39 Å². The average molecular weight is 1010 g/mol. The summed E-state index contributed by atoms with van der Waals surface area (Å²) >= 11 is 0. The van der Waals surface area contributed by atoms with Gasteiger partial charge in [-0.1, -0.05) is 10.4 Å². The van der Waals surface area contributed by atoms with Crippen molar-refractivity contribution in [1.82, 2.24) is 71.0 Å². The van der Waals surface area contributed by atoms with Crippen LogP contribution in [0.2, 0.25) is 0 Å². The molecule has 1 saturated carbocycles. The second-order valence-corrected chi connectivity index (χ2v) is 17.8. The standard InChI is InChI=1S/C47H52F4N16O6/c1-52-45(70)39-26-66(64-60-39)24-30(48)2-4-32-6-8-41(62-58-32)56-43(68)19-34-16-28(10-13-53-34)29-12-15-72-37(17-29)23-55-46(71)40-27-67(65-61-40)25-31(49)3-5-33-7-9-42(63-59-33)57-44(69)20-35-18-36(11-14-54-35)73-38-21-47(50,51)22-38/h6-11,13-14,16,18,26-27,29-31,37-38H,2-5,12,15,17,19-25H2,1H3,(H,52,70)(H,55,71)(H,56,62,68)(H,57,63,69). The number of aromatic nitrogens is 12. The van der Waals surface area contributed by atoms with E-state index in [2.05, 4.69) is 72.3 Å². The zero-order chi connectivity index (χ0) is 51.3. The second kappa shape index (κ2) is 24.0. The van der Waals surface area contributed by atoms with Gasteiger partial charge in [0.15, 0.2) is 23.0 Å². The van der Waals surface area contributed by atoms with E-state index in [4.69, 9.17) is 9.47 Å². The number of nitrogens with zero attached hydrogens (tertiary/aromatic N) is 12. The Morgan fingerprint density at radius 1 is 0.740 bits per heavy atom. The number of carbonyl (C=O) groups excluding carboxylic acids is 4. The summed E-state index contributed by atoms with van der Waals surface area (Å²) in [5.74, 6) is -3.53. The molecule has 4 N–H and O–H groups in total. The van der Waals surface area contributed by atoms with Crippen LogP contribution in [0.15, 0.2) is 73.3 Å². The zero-order valence-electron chi connectivity index (χ0n) is 39.5. The molecule has 4 atom stereocenters. The summed E-state index contributed by atoms with van der Waals surface area (Å²) in [5.41, 5.74) is 3.06. The molecular formula is C47H52F4N16O6. The van der Waals surface area contributed by atoms with Crippen molar-refractivity contribution in [2.45, 2.75) is 114 Å². The minimum absolute atomic E-state index is 0.0179. The largest absolute Gasteiger partial charge is 0.490 e. The van der Waals surface area contributed by atoms with Crippen LogP contribution in [0, 0.1) is 0 Å². The second-order valence-electron chi connectivity index (χ2n) is 17.8. The van der Waals surface area contributed by atoms with Crippen LogP contribution in [0.25, 0.3) is 0 Å². The minimum atomic E-state index is -2.71. The van der Waals surface area contributed by atoms with Gasteiger partial charge in [0.2, 0.25) is 11.8 Å². The maximum atomic E-state index is 15.1. The molecule has 6 aromatic heterocycles. The average Bonchev–Trinajstić information content (AvgIpc) is 4.05. The number of aryl methyl sites for hydroxylation is 2. The van der Waals surface area contributed by atoms with Gasteiger partial charge >= 0.3 is 0 Å². The summed E-state index contributed by atoms with van der Waals surface area (Å²) in [6.07, 6.45) is 3.56. The van der Waals surface area contributed by atoms with E-state index in [0.29, 0.717) is 48.0 Å². The molecule has 1 saturated heterocycles. The normalized spacial score (nSPS) is 17.2. The van der Waals surface area contributed by atoms with Crippen LogP contribution in [-0.4, -0.2) is 135 Å². The number of amides is 4. The van der Waals surface area contributed by atoms with Gasteiger partial charge in [-0.15, -0.1) is 20.4 Å². The number of hydrogen-bond donors (Lipinski definition) is 4. The summed E-state index contributed by atoms with van der Waals surface area (Å²) in [5, 5.41) is 42.2. The van der Waals surface area contributed by atoms with Gasteiger partial charge in [-0.2, -0.15) is 10.2 Å². The Morgan fingerprint density at radius 2 is 1.32 bits per heavy atom. The van der Waals surface area contributed by atoms with Gasteiger partial charge in [-0.05, 0) is 92.5 Å². The number of ether oxygens (including phenoxy) is 2. The lowest BCUT2D eigenvalue weighted by molar-refractivity contribution is -0.134. The van der Waals surface area contributed by atoms with Crippen LogP contribution < -0.4 is 26.0 Å². The Labute approximate surface area is 414 Å². The predicted octanol–water partition coefficient (Wildman–Crippen LogP) is 3.77. The molecule has 6 aromatic rings. The molecule has 26 heteroatoms. The highest BCUT2D eigenvalue weighted by atomic mass is 19.3. The van der Waals surface area contributed by atoms with Gasteiger partial charge in [0.25, 0.3) is 17.7 Å². The van der Waals surface area contributed by atoms with Crippen LogP contribution in [0.5, 0.6) is 5.75 Å². The zero-order valence-corrected chi connectivity index (χ0v) is 39.5. The van der Waals surface area contributed by atoms with E-state index < -0.39 is 42.1 Å². The van der Waals surface area contributed by atoms with E-state index in [1.165, 1.54) is 41.1 Å². The summed E-state index contributed by atoms with van der Waals surface area (Å²) in [6, 6.07) is 13.3. The number of alkyl halides is 4. The molecular weight excluding hydrogens is 961 g/mol. The maximum Gasteiger partial charge on any atom is 0.273 e. The van der Waals surface area contributed by atoms with Gasteiger partial charge in [-0.3, -0.25) is 29.1 Å². The molecule has 2 aliphatic rings. The van der Waals surface area contributed by atoms with E-state index in [1.807, 2.05) is 12.1 Å². The van der Waals surface area contributed by atoms with E-state index in [1.54, 1.807) is 36.5 Å². The number of hydrogen-bond acceptors (Lipinski definition) is 16. The first-order valence-corrected chi connectivity index (χ1v) is 23.6. The van der Waals surface area contributed by atoms with Gasteiger partial charge in [0, 0.05) is 57.2 Å². The molecule has 8 rings (SSSR count). The lowest BCUT2D eigenvalue weighted by Gasteiger charge is -2.34. The maximum absolute atomic E-state index is 15.1. The van der Waals surface area contributed by atoms with E-state index in [-0.39, 0.29) is 106 Å². The molecule has 1 aliphatic carbocycles. The topological polar surface area (TPSA) is 274 Å². The van der Waals surface area contributed by atoms with Crippen molar-refractivity contribution in [2.24, 2.45) is 0 Å². The van der Waals surface area contributed by atoms with Crippen molar-refractivity contribution in [3.05, 3.63) is 113 Å². The smallest absolute Gasteiger partial charge is 0.273 e. The van der Waals surface area contributed by atoms with Gasteiger partial charge in [0.05, 0.1) is 61.5 Å². The summed E-state index contributed by atoms with van der Waals surface area (Å²) < 4.78 is 70.0. The highest BCUT2D eigenvalue weighted by Gasteiger charge is 2.47. The lowest BCUT2D eigenvalue weighted by Crippen LogP contribution is -2.43. The molecule has 0 spiro atoms. The Kier molecular flexibility index (Phi) is 16.9. The van der Waals surface area contributed by atoms with Crippen LogP contribution in [0.3, 0.4) is 0 Å². The highest BCUT2D eigenvalue weighted by molar-refractivity contribution is 5.93. The Morgan fingerprint density at radius 3 is 1.88 bits per heavy atom. The molecule has 384 valence electrons. The van der Waals surface area contributed by atoms with E-state index in [0.717, 1.165) is 12.0 Å². The molecule has 22 nitrogen and oxygen atoms in total. The fourth-order valence-corrected chi connectivity index (χ4v) is 8.11. The number of halogens is 4. The minimum Gasteiger partial charge on any atom is -0.490 e. The van der Waals surface area contributed by atoms with Crippen LogP contribution in [0.1, 0.15) is 93.8 Å². The molecule has 73 heavy (non-hydrogen) atoms. The molecule has 0 bridgehead atoms. The first-order chi connectivity index (χ1) is 35.2. The lowest BCUT2D eigenvalue weighted by atomic mass is 9.88. The number of pyridine rings is 2. The van der Waals surface area contributed by atoms with Crippen molar-refractivity contribution in [2.75, 3.05) is 30.8 Å². The third-order valence-corrected chi connectivity index (χ3v) is 11.9. The van der Waals surface area contributed by atoms with Crippen molar-refractivity contribution in [3.63, 3.8) is 0 Å². The summed E-state index contributed by atoms with van der Waals surface area (Å²) in [7, 11) is 1.47. The Hall–Kier alpha value is -7.90. The Bertz CT molecular complexity index is 2830. The number of rotatable bonds is 23. The fraction of sp³-hybridized carbons (Fsp3) is 0.447. The van der Waals surface area contributed by atoms with Gasteiger partial charge in [-0.25, -0.2) is 26.9 Å². The van der Waals surface area contributed by atoms with Crippen molar-refractivity contribution in [3.8, 4) is 5.75 Å². The molecule has 0 aromatic carbocycles. The van der Waals surface area contributed by atoms with E-state index in [9.17, 15) is 32.3 Å². The number of carbonyl (C=O) groups is 4. The monoisotopic (exact) mass is 1010 g/mol. The molecule has 1 aliphatic heterocycles. The van der Waals surface area contributed by atoms with Crippen molar-refractivity contribution >= 4 is 35.3 Å². The van der Waals surface area contributed by atoms with Crippen molar-refractivity contribution < 1.29 is 46.2 Å². The number of nitrogens with one attached hydrogen (secondary N) is 4. The molecule has 7 heterocycles. The summed E-state index contributed by atoms with van der Waals surface area (Å²) in [4.78, 5) is 58.8. The quantitative estimate of drug-likeness (QED) is 0.0665. The predicted molar refractivity (Wildman–Crippen MR) is 250 cm³/mol.